The molecule has 0 aliphatic carbocycles. The van der Waals surface area contributed by atoms with E-state index in [1.165, 1.54) is 0 Å². The Balaban J connectivity index is 2.15. The zero-order valence-electron chi connectivity index (χ0n) is 16.6. The molecular weight excluding hydrogens is 330 g/mol. The first-order valence-corrected chi connectivity index (χ1v) is 8.98. The van der Waals surface area contributed by atoms with Crippen molar-refractivity contribution in [1.82, 2.24) is 5.32 Å². The average Bonchev–Trinajstić information content (AvgIpc) is 2.95. The highest BCUT2D eigenvalue weighted by molar-refractivity contribution is 5.98. The zero-order chi connectivity index (χ0) is 19.3. The van der Waals surface area contributed by atoms with Crippen LogP contribution in [0.25, 0.3) is 16.5 Å². The van der Waals surface area contributed by atoms with E-state index >= 15 is 0 Å². The lowest BCUT2D eigenvalue weighted by molar-refractivity contribution is -0.116. The lowest BCUT2D eigenvalue weighted by Crippen LogP contribution is -2.23. The number of nitrogens with one attached hydrogen (secondary N) is 1. The molecular formula is C21H29NO4. The fourth-order valence-electron chi connectivity index (χ4n) is 2.92. The molecule has 0 aliphatic rings. The van der Waals surface area contributed by atoms with E-state index in [0.29, 0.717) is 13.2 Å². The maximum absolute atomic E-state index is 12.2. The summed E-state index contributed by atoms with van der Waals surface area (Å²) < 4.78 is 16.7. The molecule has 0 radical (unpaired) electrons. The molecule has 0 fully saturated rings. The van der Waals surface area contributed by atoms with Crippen LogP contribution in [0.15, 0.2) is 22.8 Å². The molecule has 1 aromatic heterocycles. The van der Waals surface area contributed by atoms with Crippen molar-refractivity contribution >= 4 is 22.4 Å². The maximum atomic E-state index is 12.2. The van der Waals surface area contributed by atoms with Crippen LogP contribution in [0, 0.1) is 13.8 Å². The molecule has 5 nitrogen and oxygen atoms in total. The average molecular weight is 359 g/mol. The number of furan rings is 1. The Kier molecular flexibility index (Phi) is 6.86. The van der Waals surface area contributed by atoms with Crippen LogP contribution in [-0.4, -0.2) is 32.3 Å². The van der Waals surface area contributed by atoms with Crippen molar-refractivity contribution in [2.45, 2.75) is 47.1 Å². The lowest BCUT2D eigenvalue weighted by atomic mass is 9.98. The Morgan fingerprint density at radius 3 is 2.73 bits per heavy atom. The van der Waals surface area contributed by atoms with Gasteiger partial charge in [-0.2, -0.15) is 0 Å². The van der Waals surface area contributed by atoms with Crippen LogP contribution >= 0.6 is 0 Å². The highest BCUT2D eigenvalue weighted by Gasteiger charge is 2.16. The lowest BCUT2D eigenvalue weighted by Gasteiger charge is -2.13. The quantitative estimate of drug-likeness (QED) is 0.561. The maximum Gasteiger partial charge on any atom is 0.244 e. The number of amides is 1. The van der Waals surface area contributed by atoms with Crippen LogP contribution in [0.2, 0.25) is 0 Å². The topological polar surface area (TPSA) is 60.7 Å². The Morgan fingerprint density at radius 2 is 2.08 bits per heavy atom. The largest absolute Gasteiger partial charge is 0.496 e. The van der Waals surface area contributed by atoms with Crippen molar-refractivity contribution in [1.29, 1.82) is 0 Å². The van der Waals surface area contributed by atoms with Gasteiger partial charge >= 0.3 is 0 Å². The first-order valence-electron chi connectivity index (χ1n) is 8.98. The molecule has 1 N–H and O–H groups in total. The fourth-order valence-corrected chi connectivity index (χ4v) is 2.92. The summed E-state index contributed by atoms with van der Waals surface area (Å²) in [5.41, 5.74) is 4.58. The van der Waals surface area contributed by atoms with Crippen molar-refractivity contribution in [2.24, 2.45) is 0 Å². The molecule has 1 heterocycles. The highest BCUT2D eigenvalue weighted by atomic mass is 16.5. The van der Waals surface area contributed by atoms with Crippen LogP contribution in [0.3, 0.4) is 0 Å². The molecule has 0 bridgehead atoms. The molecule has 0 atom stereocenters. The Bertz CT molecular complexity index is 802. The molecule has 0 unspecified atom stereocenters. The number of rotatable bonds is 8. The van der Waals surface area contributed by atoms with Gasteiger partial charge in [-0.3, -0.25) is 4.79 Å². The number of fused-ring (bicyclic) bond motifs is 1. The van der Waals surface area contributed by atoms with E-state index in [4.69, 9.17) is 13.9 Å². The number of allylic oxidation sites excluding steroid dienone is 1. The standard InChI is InChI=1S/C21H29NO4/c1-13(2)25-9-7-8-22-19(23)10-14(3)17-11-18-15(4)12-26-21(18)16(5)20(17)24-6/h10-13H,7-9H2,1-6H3,(H,22,23)/b14-10+. The van der Waals surface area contributed by atoms with E-state index in [0.717, 1.165) is 45.4 Å². The number of carbonyl (C=O) groups is 1. The summed E-state index contributed by atoms with van der Waals surface area (Å²) in [7, 11) is 1.63. The Hall–Kier alpha value is -2.27. The third kappa shape index (κ3) is 4.67. The van der Waals surface area contributed by atoms with Crippen LogP contribution < -0.4 is 10.1 Å². The second-order valence-corrected chi connectivity index (χ2v) is 6.77. The van der Waals surface area contributed by atoms with Gasteiger partial charge in [-0.1, -0.05) is 0 Å². The van der Waals surface area contributed by atoms with Crippen molar-refractivity contribution < 1.29 is 18.7 Å². The third-order valence-electron chi connectivity index (χ3n) is 4.29. The minimum absolute atomic E-state index is 0.115. The van der Waals surface area contributed by atoms with E-state index in [-0.39, 0.29) is 12.0 Å². The molecule has 1 amide bonds. The fraction of sp³-hybridized carbons (Fsp3) is 0.476. The molecule has 5 heteroatoms. The molecule has 0 aliphatic heterocycles. The number of hydrogen-bond acceptors (Lipinski definition) is 4. The smallest absolute Gasteiger partial charge is 0.244 e. The van der Waals surface area contributed by atoms with Gasteiger partial charge in [-0.15, -0.1) is 0 Å². The van der Waals surface area contributed by atoms with Gasteiger partial charge in [0.15, 0.2) is 0 Å². The van der Waals surface area contributed by atoms with Crippen LogP contribution in [0.5, 0.6) is 5.75 Å². The summed E-state index contributed by atoms with van der Waals surface area (Å²) in [6, 6.07) is 2.02. The molecule has 0 spiro atoms. The van der Waals surface area contributed by atoms with Crippen molar-refractivity contribution in [3.63, 3.8) is 0 Å². The number of aryl methyl sites for hydroxylation is 2. The van der Waals surface area contributed by atoms with Crippen LogP contribution in [-0.2, 0) is 9.53 Å². The van der Waals surface area contributed by atoms with E-state index < -0.39 is 0 Å². The first-order chi connectivity index (χ1) is 12.3. The summed E-state index contributed by atoms with van der Waals surface area (Å²) in [5, 5.41) is 3.94. The first kappa shape index (κ1) is 20.0. The van der Waals surface area contributed by atoms with Gasteiger partial charge in [-0.25, -0.2) is 0 Å². The zero-order valence-corrected chi connectivity index (χ0v) is 16.6. The molecule has 1 aromatic carbocycles. The molecule has 2 rings (SSSR count). The predicted octanol–water partition coefficient (Wildman–Crippen LogP) is 4.39. The number of carbonyl (C=O) groups excluding carboxylic acids is 1. The van der Waals surface area contributed by atoms with Gasteiger partial charge in [0.05, 0.1) is 19.5 Å². The highest BCUT2D eigenvalue weighted by Crippen LogP contribution is 2.37. The molecule has 142 valence electrons. The van der Waals surface area contributed by atoms with E-state index in [1.807, 2.05) is 40.7 Å². The molecule has 26 heavy (non-hydrogen) atoms. The summed E-state index contributed by atoms with van der Waals surface area (Å²) in [5.74, 6) is 0.620. The van der Waals surface area contributed by atoms with Crippen molar-refractivity contribution in [2.75, 3.05) is 20.3 Å². The van der Waals surface area contributed by atoms with Crippen LogP contribution in [0.4, 0.5) is 0 Å². The molecule has 0 saturated heterocycles. The number of benzene rings is 1. The van der Waals surface area contributed by atoms with Crippen molar-refractivity contribution in [3.8, 4) is 5.75 Å². The summed E-state index contributed by atoms with van der Waals surface area (Å²) in [6.45, 7) is 11.1. The van der Waals surface area contributed by atoms with Gasteiger partial charge in [-0.05, 0) is 58.2 Å². The van der Waals surface area contributed by atoms with Gasteiger partial charge in [0.1, 0.15) is 11.3 Å². The SMILES string of the molecule is COc1c(/C(C)=C/C(=O)NCCCOC(C)C)cc2c(C)coc2c1C. The van der Waals surface area contributed by atoms with Crippen molar-refractivity contribution in [3.05, 3.63) is 35.1 Å². The van der Waals surface area contributed by atoms with Gasteiger partial charge in [0.2, 0.25) is 5.91 Å². The Morgan fingerprint density at radius 1 is 1.35 bits per heavy atom. The number of hydrogen-bond donors (Lipinski definition) is 1. The monoisotopic (exact) mass is 359 g/mol. The van der Waals surface area contributed by atoms with E-state index in [1.54, 1.807) is 19.4 Å². The van der Waals surface area contributed by atoms with Crippen LogP contribution in [0.1, 0.15) is 43.9 Å². The number of methoxy groups -OCH3 is 1. The minimum Gasteiger partial charge on any atom is -0.496 e. The van der Waals surface area contributed by atoms with E-state index in [2.05, 4.69) is 5.32 Å². The molecule has 2 aromatic rings. The summed E-state index contributed by atoms with van der Waals surface area (Å²) in [4.78, 5) is 12.2. The Labute approximate surface area is 155 Å². The number of ether oxygens (including phenoxy) is 2. The predicted molar refractivity (Wildman–Crippen MR) is 105 cm³/mol. The second kappa shape index (κ2) is 8.90. The van der Waals surface area contributed by atoms with Gasteiger partial charge in [0, 0.05) is 35.7 Å². The third-order valence-corrected chi connectivity index (χ3v) is 4.29. The summed E-state index contributed by atoms with van der Waals surface area (Å²) >= 11 is 0. The van der Waals surface area contributed by atoms with E-state index in [9.17, 15) is 4.79 Å². The minimum atomic E-state index is -0.115. The second-order valence-electron chi connectivity index (χ2n) is 6.77. The molecule has 0 saturated carbocycles. The van der Waals surface area contributed by atoms with Gasteiger partial charge in [0.25, 0.3) is 0 Å². The van der Waals surface area contributed by atoms with Gasteiger partial charge < -0.3 is 19.2 Å². The summed E-state index contributed by atoms with van der Waals surface area (Å²) in [6.07, 6.45) is 4.36. The normalized spacial score (nSPS) is 12.0.